The second-order valence-corrected chi connectivity index (χ2v) is 5.20. The zero-order valence-corrected chi connectivity index (χ0v) is 11.3. The Morgan fingerprint density at radius 2 is 2.11 bits per heavy atom. The monoisotopic (exact) mass is 267 g/mol. The summed E-state index contributed by atoms with van der Waals surface area (Å²) in [6, 6.07) is 9.88. The molecule has 0 aliphatic heterocycles. The van der Waals surface area contributed by atoms with Gasteiger partial charge in [-0.15, -0.1) is 0 Å². The van der Waals surface area contributed by atoms with Crippen molar-refractivity contribution in [3.63, 3.8) is 0 Å². The third-order valence-electron chi connectivity index (χ3n) is 3.11. The van der Waals surface area contributed by atoms with Crippen LogP contribution in [0.3, 0.4) is 0 Å². The van der Waals surface area contributed by atoms with Crippen molar-refractivity contribution in [2.45, 2.75) is 6.92 Å². The summed E-state index contributed by atoms with van der Waals surface area (Å²) in [6.45, 7) is 1.94. The lowest BCUT2D eigenvalue weighted by Gasteiger charge is -1.95. The number of aryl methyl sites for hydroxylation is 1. The maximum absolute atomic E-state index is 12.3. The largest absolute Gasteiger partial charge is 0.358 e. The second kappa shape index (κ2) is 4.86. The van der Waals surface area contributed by atoms with Crippen molar-refractivity contribution in [3.05, 3.63) is 64.0 Å². The summed E-state index contributed by atoms with van der Waals surface area (Å²) in [4.78, 5) is 15.6. The van der Waals surface area contributed by atoms with Gasteiger partial charge in [-0.3, -0.25) is 4.79 Å². The van der Waals surface area contributed by atoms with E-state index in [4.69, 9.17) is 0 Å². The predicted octanol–water partition coefficient (Wildman–Crippen LogP) is 4.43. The molecule has 0 unspecified atom stereocenters. The van der Waals surface area contributed by atoms with Crippen LogP contribution in [-0.4, -0.2) is 10.8 Å². The molecule has 2 heterocycles. The van der Waals surface area contributed by atoms with Gasteiger partial charge in [0.25, 0.3) is 0 Å². The molecule has 0 atom stereocenters. The number of rotatable bonds is 3. The minimum Gasteiger partial charge on any atom is -0.358 e. The minimum atomic E-state index is 0.0427. The van der Waals surface area contributed by atoms with E-state index in [2.05, 4.69) is 4.98 Å². The molecule has 2 aromatic heterocycles. The number of aromatic amines is 1. The second-order valence-electron chi connectivity index (χ2n) is 4.42. The Balaban J connectivity index is 2.00. The van der Waals surface area contributed by atoms with Crippen LogP contribution in [0.2, 0.25) is 0 Å². The Morgan fingerprint density at radius 3 is 2.89 bits per heavy atom. The van der Waals surface area contributed by atoms with Crippen molar-refractivity contribution in [2.75, 3.05) is 0 Å². The van der Waals surface area contributed by atoms with Gasteiger partial charge in [0.2, 0.25) is 0 Å². The fraction of sp³-hybridized carbons (Fsp3) is 0.0625. The van der Waals surface area contributed by atoms with Crippen molar-refractivity contribution in [3.8, 4) is 0 Å². The SMILES string of the molecule is Cc1[nH]c2ccccc2c1C(=O)/C=C/c1ccsc1. The molecule has 94 valence electrons. The molecular formula is C16H13NOS. The topological polar surface area (TPSA) is 32.9 Å². The molecule has 0 fully saturated rings. The van der Waals surface area contributed by atoms with E-state index in [1.807, 2.05) is 54.1 Å². The minimum absolute atomic E-state index is 0.0427. The van der Waals surface area contributed by atoms with E-state index in [-0.39, 0.29) is 5.78 Å². The molecule has 0 bridgehead atoms. The van der Waals surface area contributed by atoms with E-state index >= 15 is 0 Å². The molecule has 1 N–H and O–H groups in total. The van der Waals surface area contributed by atoms with Crippen LogP contribution in [0.4, 0.5) is 0 Å². The van der Waals surface area contributed by atoms with Gasteiger partial charge in [0.15, 0.2) is 5.78 Å². The third-order valence-corrected chi connectivity index (χ3v) is 3.81. The van der Waals surface area contributed by atoms with Crippen LogP contribution in [0.5, 0.6) is 0 Å². The van der Waals surface area contributed by atoms with E-state index in [9.17, 15) is 4.79 Å². The van der Waals surface area contributed by atoms with Gasteiger partial charge in [-0.25, -0.2) is 0 Å². The predicted molar refractivity (Wildman–Crippen MR) is 80.7 cm³/mol. The summed E-state index contributed by atoms with van der Waals surface area (Å²) in [5, 5.41) is 5.01. The van der Waals surface area contributed by atoms with Crippen LogP contribution in [-0.2, 0) is 0 Å². The van der Waals surface area contributed by atoms with E-state index in [0.29, 0.717) is 0 Å². The number of fused-ring (bicyclic) bond motifs is 1. The average molecular weight is 267 g/mol. The first-order valence-electron chi connectivity index (χ1n) is 6.07. The quantitative estimate of drug-likeness (QED) is 0.552. The number of carbonyl (C=O) groups excluding carboxylic acids is 1. The van der Waals surface area contributed by atoms with E-state index < -0.39 is 0 Å². The summed E-state index contributed by atoms with van der Waals surface area (Å²) in [5.74, 6) is 0.0427. The molecule has 0 saturated carbocycles. The fourth-order valence-corrected chi connectivity index (χ4v) is 2.85. The molecule has 2 nitrogen and oxygen atoms in total. The van der Waals surface area contributed by atoms with Crippen LogP contribution >= 0.6 is 11.3 Å². The highest BCUT2D eigenvalue weighted by molar-refractivity contribution is 7.08. The molecule has 0 spiro atoms. The van der Waals surface area contributed by atoms with Gasteiger partial charge >= 0.3 is 0 Å². The van der Waals surface area contributed by atoms with Gasteiger partial charge in [0.1, 0.15) is 0 Å². The number of allylic oxidation sites excluding steroid dienone is 1. The summed E-state index contributed by atoms with van der Waals surface area (Å²) < 4.78 is 0. The van der Waals surface area contributed by atoms with Crippen LogP contribution in [0, 0.1) is 6.92 Å². The maximum atomic E-state index is 12.3. The molecule has 3 heteroatoms. The van der Waals surface area contributed by atoms with Crippen molar-refractivity contribution < 1.29 is 4.79 Å². The molecule has 0 aliphatic carbocycles. The number of hydrogen-bond donors (Lipinski definition) is 1. The molecule has 0 aliphatic rings. The first-order chi connectivity index (χ1) is 9.25. The molecule has 1 aromatic carbocycles. The molecule has 0 saturated heterocycles. The van der Waals surface area contributed by atoms with Crippen molar-refractivity contribution in [2.24, 2.45) is 0 Å². The number of carbonyl (C=O) groups is 1. The van der Waals surface area contributed by atoms with Crippen molar-refractivity contribution >= 4 is 34.1 Å². The number of para-hydroxylation sites is 1. The zero-order chi connectivity index (χ0) is 13.2. The van der Waals surface area contributed by atoms with Crippen LogP contribution in [0.1, 0.15) is 21.6 Å². The lowest BCUT2D eigenvalue weighted by molar-refractivity contribution is 0.104. The zero-order valence-electron chi connectivity index (χ0n) is 10.5. The van der Waals surface area contributed by atoms with Crippen LogP contribution in [0.25, 0.3) is 17.0 Å². The highest BCUT2D eigenvalue weighted by atomic mass is 32.1. The highest BCUT2D eigenvalue weighted by Gasteiger charge is 2.13. The molecule has 0 radical (unpaired) electrons. The number of benzene rings is 1. The lowest BCUT2D eigenvalue weighted by Crippen LogP contribution is -1.95. The normalized spacial score (nSPS) is 11.4. The standard InChI is InChI=1S/C16H13NOS/c1-11-16(13-4-2-3-5-14(13)17-11)15(18)7-6-12-8-9-19-10-12/h2-10,17H,1H3/b7-6+. The smallest absolute Gasteiger partial charge is 0.188 e. The Labute approximate surface area is 115 Å². The van der Waals surface area contributed by atoms with E-state index in [1.54, 1.807) is 17.4 Å². The Hall–Kier alpha value is -2.13. The van der Waals surface area contributed by atoms with Crippen molar-refractivity contribution in [1.82, 2.24) is 4.98 Å². The summed E-state index contributed by atoms with van der Waals surface area (Å²) in [5.41, 5.74) is 3.76. The first-order valence-corrected chi connectivity index (χ1v) is 7.02. The molecule has 3 rings (SSSR count). The average Bonchev–Trinajstić information content (AvgIpc) is 3.02. The van der Waals surface area contributed by atoms with E-state index in [0.717, 1.165) is 27.7 Å². The molecule has 3 aromatic rings. The van der Waals surface area contributed by atoms with Gasteiger partial charge in [-0.2, -0.15) is 11.3 Å². The maximum Gasteiger partial charge on any atom is 0.188 e. The van der Waals surface area contributed by atoms with E-state index in [1.165, 1.54) is 0 Å². The summed E-state index contributed by atoms with van der Waals surface area (Å²) in [6.07, 6.45) is 3.50. The lowest BCUT2D eigenvalue weighted by atomic mass is 10.1. The Kier molecular flexibility index (Phi) is 3.05. The Bertz CT molecular complexity index is 750. The Morgan fingerprint density at radius 1 is 1.26 bits per heavy atom. The number of thiophene rings is 1. The van der Waals surface area contributed by atoms with Gasteiger partial charge in [-0.1, -0.05) is 24.3 Å². The summed E-state index contributed by atoms with van der Waals surface area (Å²) >= 11 is 1.63. The highest BCUT2D eigenvalue weighted by Crippen LogP contribution is 2.23. The molecule has 0 amide bonds. The third kappa shape index (κ3) is 2.25. The fourth-order valence-electron chi connectivity index (χ4n) is 2.22. The number of nitrogens with one attached hydrogen (secondary N) is 1. The van der Waals surface area contributed by atoms with Crippen LogP contribution in [0.15, 0.2) is 47.2 Å². The van der Waals surface area contributed by atoms with Gasteiger partial charge in [-0.05, 0) is 41.5 Å². The van der Waals surface area contributed by atoms with Gasteiger partial charge < -0.3 is 4.98 Å². The molecular weight excluding hydrogens is 254 g/mol. The van der Waals surface area contributed by atoms with Gasteiger partial charge in [0.05, 0.1) is 5.56 Å². The van der Waals surface area contributed by atoms with Gasteiger partial charge in [0, 0.05) is 16.6 Å². The molecule has 19 heavy (non-hydrogen) atoms. The summed E-state index contributed by atoms with van der Waals surface area (Å²) in [7, 11) is 0. The number of ketones is 1. The van der Waals surface area contributed by atoms with Crippen molar-refractivity contribution in [1.29, 1.82) is 0 Å². The first kappa shape index (κ1) is 11.9. The number of aromatic nitrogens is 1. The van der Waals surface area contributed by atoms with Crippen LogP contribution < -0.4 is 0 Å². The number of hydrogen-bond acceptors (Lipinski definition) is 2. The number of H-pyrrole nitrogens is 1.